The average Bonchev–Trinajstić information content (AvgIpc) is 3.08. The first-order chi connectivity index (χ1) is 14.4. The molecular formula is C20H16ClN5O4. The number of aromatic amines is 1. The van der Waals surface area contributed by atoms with Gasteiger partial charge in [-0.25, -0.2) is 19.3 Å². The Morgan fingerprint density at radius 1 is 1.10 bits per heavy atom. The molecule has 152 valence electrons. The molecule has 0 radical (unpaired) electrons. The molecule has 2 aromatic carbocycles. The van der Waals surface area contributed by atoms with Crippen LogP contribution >= 0.6 is 11.6 Å². The SMILES string of the molecule is COc1ccc(OC)c(-c2nc(C(N)=O)c3[nH]c(=O)n(-c4ccc(Cl)cc4)c3n2)c1. The molecule has 0 atom stereocenters. The second-order valence-electron chi connectivity index (χ2n) is 6.27. The molecule has 1 amide bonds. The quantitative estimate of drug-likeness (QED) is 0.506. The van der Waals surface area contributed by atoms with Crippen LogP contribution in [0, 0.1) is 0 Å². The van der Waals surface area contributed by atoms with Crippen LogP contribution in [0.2, 0.25) is 5.02 Å². The normalized spacial score (nSPS) is 10.9. The van der Waals surface area contributed by atoms with E-state index in [4.69, 9.17) is 26.8 Å². The van der Waals surface area contributed by atoms with Gasteiger partial charge in [0.1, 0.15) is 17.0 Å². The number of ether oxygens (including phenoxy) is 2. The lowest BCUT2D eigenvalue weighted by Crippen LogP contribution is -2.15. The van der Waals surface area contributed by atoms with Crippen LogP contribution in [0.1, 0.15) is 10.5 Å². The number of benzene rings is 2. The van der Waals surface area contributed by atoms with E-state index in [1.54, 1.807) is 42.5 Å². The molecular weight excluding hydrogens is 410 g/mol. The number of fused-ring (bicyclic) bond motifs is 1. The number of amides is 1. The monoisotopic (exact) mass is 425 g/mol. The minimum Gasteiger partial charge on any atom is -0.497 e. The summed E-state index contributed by atoms with van der Waals surface area (Å²) in [6.45, 7) is 0. The number of rotatable bonds is 5. The first-order valence-electron chi connectivity index (χ1n) is 8.74. The summed E-state index contributed by atoms with van der Waals surface area (Å²) in [5.74, 6) is 0.338. The van der Waals surface area contributed by atoms with Gasteiger partial charge in [-0.05, 0) is 42.5 Å². The number of halogens is 1. The van der Waals surface area contributed by atoms with E-state index in [2.05, 4.69) is 15.0 Å². The Morgan fingerprint density at radius 3 is 2.47 bits per heavy atom. The zero-order chi connectivity index (χ0) is 21.4. The van der Waals surface area contributed by atoms with Gasteiger partial charge in [0, 0.05) is 5.02 Å². The molecule has 2 heterocycles. The zero-order valence-corrected chi connectivity index (χ0v) is 16.7. The first-order valence-corrected chi connectivity index (χ1v) is 9.11. The highest BCUT2D eigenvalue weighted by Crippen LogP contribution is 2.32. The molecule has 30 heavy (non-hydrogen) atoms. The largest absolute Gasteiger partial charge is 0.497 e. The number of carbonyl (C=O) groups is 1. The lowest BCUT2D eigenvalue weighted by Gasteiger charge is -2.11. The molecule has 4 rings (SSSR count). The van der Waals surface area contributed by atoms with Crippen LogP contribution in [0.3, 0.4) is 0 Å². The van der Waals surface area contributed by atoms with Crippen molar-refractivity contribution >= 4 is 28.7 Å². The second kappa shape index (κ2) is 7.53. The molecule has 0 spiro atoms. The van der Waals surface area contributed by atoms with Gasteiger partial charge in [0.25, 0.3) is 5.91 Å². The highest BCUT2D eigenvalue weighted by molar-refractivity contribution is 6.30. The molecule has 0 saturated heterocycles. The fourth-order valence-electron chi connectivity index (χ4n) is 3.10. The number of imidazole rings is 1. The third-order valence-electron chi connectivity index (χ3n) is 4.50. The van der Waals surface area contributed by atoms with Crippen LogP contribution in [0.4, 0.5) is 0 Å². The number of methoxy groups -OCH3 is 2. The summed E-state index contributed by atoms with van der Waals surface area (Å²) >= 11 is 5.96. The Bertz CT molecular complexity index is 1330. The second-order valence-corrected chi connectivity index (χ2v) is 6.70. The van der Waals surface area contributed by atoms with Crippen LogP contribution in [-0.4, -0.2) is 39.6 Å². The lowest BCUT2D eigenvalue weighted by molar-refractivity contribution is 0.0997. The zero-order valence-electron chi connectivity index (χ0n) is 16.0. The van der Waals surface area contributed by atoms with E-state index in [-0.39, 0.29) is 22.7 Å². The first kappa shape index (κ1) is 19.5. The van der Waals surface area contributed by atoms with Crippen molar-refractivity contribution in [2.45, 2.75) is 0 Å². The molecule has 0 aliphatic carbocycles. The number of hydrogen-bond acceptors (Lipinski definition) is 6. The summed E-state index contributed by atoms with van der Waals surface area (Å²) in [5.41, 5.74) is 6.21. The smallest absolute Gasteiger partial charge is 0.332 e. The van der Waals surface area contributed by atoms with Crippen LogP contribution in [-0.2, 0) is 0 Å². The van der Waals surface area contributed by atoms with Gasteiger partial charge in [-0.2, -0.15) is 0 Å². The van der Waals surface area contributed by atoms with Crippen molar-refractivity contribution in [3.63, 3.8) is 0 Å². The highest BCUT2D eigenvalue weighted by Gasteiger charge is 2.22. The standard InChI is InChI=1S/C20H16ClN5O4/c1-29-12-7-8-14(30-2)13(9-12)18-23-15(17(22)27)16-19(25-18)26(20(28)24-16)11-5-3-10(21)4-6-11/h3-9H,1-2H3,(H2,22,27)(H,24,28). The van der Waals surface area contributed by atoms with E-state index in [9.17, 15) is 9.59 Å². The fraction of sp³-hybridized carbons (Fsp3) is 0.100. The summed E-state index contributed by atoms with van der Waals surface area (Å²) < 4.78 is 12.0. The number of nitrogens with zero attached hydrogens (tertiary/aromatic N) is 3. The van der Waals surface area contributed by atoms with Gasteiger partial charge in [0.2, 0.25) is 0 Å². The summed E-state index contributed by atoms with van der Waals surface area (Å²) in [5, 5.41) is 0.515. The molecule has 0 fully saturated rings. The summed E-state index contributed by atoms with van der Waals surface area (Å²) in [6, 6.07) is 11.7. The lowest BCUT2D eigenvalue weighted by atomic mass is 10.1. The van der Waals surface area contributed by atoms with E-state index in [0.29, 0.717) is 27.8 Å². The van der Waals surface area contributed by atoms with Crippen LogP contribution in [0.5, 0.6) is 11.5 Å². The van der Waals surface area contributed by atoms with E-state index in [0.717, 1.165) is 0 Å². The van der Waals surface area contributed by atoms with Gasteiger partial charge in [-0.3, -0.25) is 4.79 Å². The van der Waals surface area contributed by atoms with Crippen LogP contribution in [0.25, 0.3) is 28.2 Å². The minimum absolute atomic E-state index is 0.121. The van der Waals surface area contributed by atoms with Crippen LogP contribution in [0.15, 0.2) is 47.3 Å². The van der Waals surface area contributed by atoms with Gasteiger partial charge >= 0.3 is 5.69 Å². The van der Waals surface area contributed by atoms with Gasteiger partial charge in [-0.1, -0.05) is 11.6 Å². The van der Waals surface area contributed by atoms with Crippen molar-refractivity contribution in [2.75, 3.05) is 14.2 Å². The molecule has 2 aromatic heterocycles. The topological polar surface area (TPSA) is 125 Å². The Balaban J connectivity index is 2.06. The average molecular weight is 426 g/mol. The number of hydrogen-bond donors (Lipinski definition) is 2. The van der Waals surface area contributed by atoms with Gasteiger partial charge in [0.15, 0.2) is 17.2 Å². The maximum absolute atomic E-state index is 12.7. The van der Waals surface area contributed by atoms with Gasteiger partial charge in [0.05, 0.1) is 25.5 Å². The molecule has 9 nitrogen and oxygen atoms in total. The van der Waals surface area contributed by atoms with E-state index in [1.165, 1.54) is 18.8 Å². The summed E-state index contributed by atoms with van der Waals surface area (Å²) in [4.78, 5) is 36.2. The molecule has 0 unspecified atom stereocenters. The maximum Gasteiger partial charge on any atom is 0.332 e. The van der Waals surface area contributed by atoms with Crippen molar-refractivity contribution in [3.8, 4) is 28.6 Å². The Labute approximate surface area is 175 Å². The van der Waals surface area contributed by atoms with Gasteiger partial charge in [-0.15, -0.1) is 0 Å². The Morgan fingerprint density at radius 2 is 1.83 bits per heavy atom. The number of carbonyl (C=O) groups excluding carboxylic acids is 1. The molecule has 3 N–H and O–H groups in total. The fourth-order valence-corrected chi connectivity index (χ4v) is 3.23. The molecule has 10 heteroatoms. The molecule has 0 bridgehead atoms. The van der Waals surface area contributed by atoms with E-state index >= 15 is 0 Å². The maximum atomic E-state index is 12.7. The number of aromatic nitrogens is 4. The molecule has 0 aliphatic rings. The van der Waals surface area contributed by atoms with Crippen molar-refractivity contribution < 1.29 is 14.3 Å². The summed E-state index contributed by atoms with van der Waals surface area (Å²) in [6.07, 6.45) is 0. The number of nitrogens with one attached hydrogen (secondary N) is 1. The number of primary amides is 1. The number of nitrogens with two attached hydrogens (primary N) is 1. The van der Waals surface area contributed by atoms with Crippen molar-refractivity contribution in [1.29, 1.82) is 0 Å². The minimum atomic E-state index is -0.810. The Hall–Kier alpha value is -3.85. The Kier molecular flexibility index (Phi) is 4.88. The number of H-pyrrole nitrogens is 1. The summed E-state index contributed by atoms with van der Waals surface area (Å²) in [7, 11) is 3.02. The van der Waals surface area contributed by atoms with Crippen molar-refractivity contribution in [1.82, 2.24) is 19.5 Å². The van der Waals surface area contributed by atoms with Crippen molar-refractivity contribution in [3.05, 3.63) is 63.7 Å². The molecule has 4 aromatic rings. The third-order valence-corrected chi connectivity index (χ3v) is 4.75. The van der Waals surface area contributed by atoms with Gasteiger partial charge < -0.3 is 20.2 Å². The van der Waals surface area contributed by atoms with Crippen LogP contribution < -0.4 is 20.9 Å². The highest BCUT2D eigenvalue weighted by atomic mass is 35.5. The van der Waals surface area contributed by atoms with E-state index < -0.39 is 11.6 Å². The predicted molar refractivity (Wildman–Crippen MR) is 112 cm³/mol. The third kappa shape index (κ3) is 3.25. The molecule has 0 aliphatic heterocycles. The molecule has 0 saturated carbocycles. The van der Waals surface area contributed by atoms with E-state index in [1.807, 2.05) is 0 Å². The predicted octanol–water partition coefficient (Wildman–Crippen LogP) is 2.55. The van der Waals surface area contributed by atoms with Crippen molar-refractivity contribution in [2.24, 2.45) is 5.73 Å².